The second kappa shape index (κ2) is 8.92. The normalized spacial score (nSPS) is 10.7. The molecule has 0 saturated carbocycles. The molecular formula is C21H25NO3. The number of carbonyl (C=O) groups is 1. The summed E-state index contributed by atoms with van der Waals surface area (Å²) in [4.78, 5) is 12.1. The number of anilines is 1. The standard InChI is InChI=1S/C21H25NO3/c1-5-12-25-19-10-7-17(14-20(19)24-4)8-11-21(23)22-18-9-6-15(2)13-16(18)3/h6-11,13-14H,5,12H2,1-4H3,(H,22,23). The van der Waals surface area contributed by atoms with Crippen LogP contribution < -0.4 is 14.8 Å². The summed E-state index contributed by atoms with van der Waals surface area (Å²) in [7, 11) is 1.61. The molecule has 2 aromatic carbocycles. The predicted octanol–water partition coefficient (Wildman–Crippen LogP) is 4.75. The Hall–Kier alpha value is -2.75. The molecule has 0 aliphatic heterocycles. The Bertz CT molecular complexity index is 766. The van der Waals surface area contributed by atoms with E-state index in [1.165, 1.54) is 11.6 Å². The molecule has 25 heavy (non-hydrogen) atoms. The first-order valence-electron chi connectivity index (χ1n) is 8.40. The van der Waals surface area contributed by atoms with Gasteiger partial charge in [0.2, 0.25) is 5.91 Å². The minimum Gasteiger partial charge on any atom is -0.493 e. The van der Waals surface area contributed by atoms with Crippen molar-refractivity contribution in [1.29, 1.82) is 0 Å². The third kappa shape index (κ3) is 5.38. The van der Waals surface area contributed by atoms with Gasteiger partial charge in [0.25, 0.3) is 0 Å². The summed E-state index contributed by atoms with van der Waals surface area (Å²) in [6.07, 6.45) is 4.20. The molecule has 0 unspecified atom stereocenters. The second-order valence-corrected chi connectivity index (χ2v) is 5.90. The molecule has 0 atom stereocenters. The molecule has 1 amide bonds. The highest BCUT2D eigenvalue weighted by atomic mass is 16.5. The van der Waals surface area contributed by atoms with Crippen molar-refractivity contribution < 1.29 is 14.3 Å². The number of carbonyl (C=O) groups excluding carboxylic acids is 1. The molecule has 2 aromatic rings. The van der Waals surface area contributed by atoms with Gasteiger partial charge >= 0.3 is 0 Å². The van der Waals surface area contributed by atoms with E-state index in [1.807, 2.05) is 50.2 Å². The molecule has 0 aliphatic carbocycles. The second-order valence-electron chi connectivity index (χ2n) is 5.90. The number of benzene rings is 2. The van der Waals surface area contributed by atoms with Crippen molar-refractivity contribution in [3.63, 3.8) is 0 Å². The van der Waals surface area contributed by atoms with Crippen LogP contribution >= 0.6 is 0 Å². The fourth-order valence-corrected chi connectivity index (χ4v) is 2.42. The Kier molecular flexibility index (Phi) is 6.63. The minimum atomic E-state index is -0.169. The fourth-order valence-electron chi connectivity index (χ4n) is 2.42. The Morgan fingerprint density at radius 2 is 1.92 bits per heavy atom. The Labute approximate surface area is 149 Å². The smallest absolute Gasteiger partial charge is 0.248 e. The topological polar surface area (TPSA) is 47.6 Å². The zero-order valence-electron chi connectivity index (χ0n) is 15.3. The van der Waals surface area contributed by atoms with Crippen molar-refractivity contribution in [2.75, 3.05) is 19.0 Å². The molecule has 4 nitrogen and oxygen atoms in total. The van der Waals surface area contributed by atoms with E-state index < -0.39 is 0 Å². The van der Waals surface area contributed by atoms with E-state index in [0.717, 1.165) is 23.2 Å². The Morgan fingerprint density at radius 1 is 1.12 bits per heavy atom. The summed E-state index contributed by atoms with van der Waals surface area (Å²) < 4.78 is 11.0. The lowest BCUT2D eigenvalue weighted by Crippen LogP contribution is -2.08. The third-order valence-corrected chi connectivity index (χ3v) is 3.72. The largest absolute Gasteiger partial charge is 0.493 e. The molecule has 0 bridgehead atoms. The zero-order chi connectivity index (χ0) is 18.2. The van der Waals surface area contributed by atoms with Crippen LogP contribution in [0.25, 0.3) is 6.08 Å². The monoisotopic (exact) mass is 339 g/mol. The maximum Gasteiger partial charge on any atom is 0.248 e. The molecule has 0 fully saturated rings. The maximum atomic E-state index is 12.1. The van der Waals surface area contributed by atoms with Crippen molar-refractivity contribution in [3.05, 3.63) is 59.2 Å². The molecule has 0 aromatic heterocycles. The van der Waals surface area contributed by atoms with E-state index in [1.54, 1.807) is 13.2 Å². The van der Waals surface area contributed by atoms with Crippen LogP contribution in [0.2, 0.25) is 0 Å². The SMILES string of the molecule is CCCOc1ccc(C=CC(=O)Nc2ccc(C)cc2C)cc1OC. The molecule has 0 radical (unpaired) electrons. The van der Waals surface area contributed by atoms with Gasteiger partial charge < -0.3 is 14.8 Å². The third-order valence-electron chi connectivity index (χ3n) is 3.72. The number of amides is 1. The zero-order valence-corrected chi connectivity index (χ0v) is 15.3. The van der Waals surface area contributed by atoms with Gasteiger partial charge in [-0.15, -0.1) is 0 Å². The number of methoxy groups -OCH3 is 1. The van der Waals surface area contributed by atoms with Gasteiger partial charge in [-0.2, -0.15) is 0 Å². The number of hydrogen-bond donors (Lipinski definition) is 1. The first-order valence-corrected chi connectivity index (χ1v) is 8.40. The number of rotatable bonds is 7. The van der Waals surface area contributed by atoms with E-state index in [9.17, 15) is 4.79 Å². The van der Waals surface area contributed by atoms with E-state index in [2.05, 4.69) is 12.2 Å². The van der Waals surface area contributed by atoms with Crippen LogP contribution in [0, 0.1) is 13.8 Å². The van der Waals surface area contributed by atoms with Crippen molar-refractivity contribution in [3.8, 4) is 11.5 Å². The summed E-state index contributed by atoms with van der Waals surface area (Å²) >= 11 is 0. The Morgan fingerprint density at radius 3 is 2.60 bits per heavy atom. The summed E-state index contributed by atoms with van der Waals surface area (Å²) in [5, 5.41) is 2.89. The van der Waals surface area contributed by atoms with Crippen LogP contribution in [-0.2, 0) is 4.79 Å². The van der Waals surface area contributed by atoms with E-state index >= 15 is 0 Å². The van der Waals surface area contributed by atoms with Crippen molar-refractivity contribution in [2.45, 2.75) is 27.2 Å². The van der Waals surface area contributed by atoms with Crippen molar-refractivity contribution >= 4 is 17.7 Å². The number of hydrogen-bond acceptors (Lipinski definition) is 3. The van der Waals surface area contributed by atoms with Gasteiger partial charge in [-0.1, -0.05) is 30.7 Å². The molecule has 0 saturated heterocycles. The van der Waals surface area contributed by atoms with E-state index in [-0.39, 0.29) is 5.91 Å². The van der Waals surface area contributed by atoms with Crippen molar-refractivity contribution in [1.82, 2.24) is 0 Å². The molecule has 4 heteroatoms. The van der Waals surface area contributed by atoms with Gasteiger partial charge in [-0.3, -0.25) is 4.79 Å². The Balaban J connectivity index is 2.06. The van der Waals surface area contributed by atoms with E-state index in [4.69, 9.17) is 9.47 Å². The molecule has 132 valence electrons. The van der Waals surface area contributed by atoms with Crippen LogP contribution in [0.1, 0.15) is 30.0 Å². The lowest BCUT2D eigenvalue weighted by molar-refractivity contribution is -0.111. The van der Waals surface area contributed by atoms with Crippen LogP contribution in [0.4, 0.5) is 5.69 Å². The average Bonchev–Trinajstić information content (AvgIpc) is 2.60. The number of nitrogens with one attached hydrogen (secondary N) is 1. The van der Waals surface area contributed by atoms with E-state index in [0.29, 0.717) is 18.1 Å². The molecule has 2 rings (SSSR count). The van der Waals surface area contributed by atoms with Crippen LogP contribution in [-0.4, -0.2) is 19.6 Å². The number of aryl methyl sites for hydroxylation is 2. The van der Waals surface area contributed by atoms with Gasteiger partial charge in [-0.25, -0.2) is 0 Å². The van der Waals surface area contributed by atoms with Gasteiger partial charge in [0.05, 0.1) is 13.7 Å². The molecule has 0 spiro atoms. The van der Waals surface area contributed by atoms with Gasteiger partial charge in [-0.05, 0) is 55.7 Å². The number of ether oxygens (including phenoxy) is 2. The fraction of sp³-hybridized carbons (Fsp3) is 0.286. The summed E-state index contributed by atoms with van der Waals surface area (Å²) in [5.74, 6) is 1.20. The van der Waals surface area contributed by atoms with Crippen LogP contribution in [0.15, 0.2) is 42.5 Å². The first-order chi connectivity index (χ1) is 12.0. The van der Waals surface area contributed by atoms with Crippen molar-refractivity contribution in [2.24, 2.45) is 0 Å². The molecule has 0 heterocycles. The van der Waals surface area contributed by atoms with Gasteiger partial charge in [0.15, 0.2) is 11.5 Å². The predicted molar refractivity (Wildman–Crippen MR) is 102 cm³/mol. The van der Waals surface area contributed by atoms with Gasteiger partial charge in [0, 0.05) is 11.8 Å². The summed E-state index contributed by atoms with van der Waals surface area (Å²) in [5.41, 5.74) is 3.90. The molecular weight excluding hydrogens is 314 g/mol. The first kappa shape index (κ1) is 18.6. The summed E-state index contributed by atoms with van der Waals surface area (Å²) in [6.45, 7) is 6.70. The molecule has 0 aliphatic rings. The quantitative estimate of drug-likeness (QED) is 0.740. The minimum absolute atomic E-state index is 0.169. The highest BCUT2D eigenvalue weighted by Gasteiger charge is 2.05. The van der Waals surface area contributed by atoms with Gasteiger partial charge in [0.1, 0.15) is 0 Å². The van der Waals surface area contributed by atoms with Crippen LogP contribution in [0.5, 0.6) is 11.5 Å². The maximum absolute atomic E-state index is 12.1. The lowest BCUT2D eigenvalue weighted by Gasteiger charge is -2.10. The molecule has 1 N–H and O–H groups in total. The average molecular weight is 339 g/mol. The van der Waals surface area contributed by atoms with Crippen LogP contribution in [0.3, 0.4) is 0 Å². The highest BCUT2D eigenvalue weighted by molar-refractivity contribution is 6.02. The highest BCUT2D eigenvalue weighted by Crippen LogP contribution is 2.28. The summed E-state index contributed by atoms with van der Waals surface area (Å²) in [6, 6.07) is 11.5. The lowest BCUT2D eigenvalue weighted by atomic mass is 10.1.